The quantitative estimate of drug-likeness (QED) is 0.0264. The molecule has 0 saturated heterocycles. The third-order valence-electron chi connectivity index (χ3n) is 12.8. The van der Waals surface area contributed by atoms with E-state index < -0.39 is 32.5 Å². The maximum Gasteiger partial charge on any atom is 0.472 e. The van der Waals surface area contributed by atoms with E-state index in [1.807, 2.05) is 0 Å². The van der Waals surface area contributed by atoms with Crippen molar-refractivity contribution in [2.24, 2.45) is 5.73 Å². The summed E-state index contributed by atoms with van der Waals surface area (Å²) in [6, 6.07) is 0. The highest BCUT2D eigenvalue weighted by molar-refractivity contribution is 7.47. The zero-order valence-corrected chi connectivity index (χ0v) is 53.0. The Morgan fingerprint density at radius 1 is 0.361 bits per heavy atom. The predicted octanol–water partition coefficient (Wildman–Crippen LogP) is 21.2. The van der Waals surface area contributed by atoms with Gasteiger partial charge in [-0.1, -0.05) is 267 Å². The first-order chi connectivity index (χ1) is 40.8. The van der Waals surface area contributed by atoms with Crippen LogP contribution in [0.1, 0.15) is 232 Å². The molecule has 0 heterocycles. The van der Waals surface area contributed by atoms with Gasteiger partial charge in [-0.25, -0.2) is 4.57 Å². The molecule has 0 aromatic rings. The average molecular weight is 1170 g/mol. The summed E-state index contributed by atoms with van der Waals surface area (Å²) < 4.78 is 33.1. The lowest BCUT2D eigenvalue weighted by Crippen LogP contribution is -2.29. The third kappa shape index (κ3) is 66.1. The Kier molecular flexibility index (Phi) is 62.3. The molecule has 3 N–H and O–H groups in total. The number of ether oxygens (including phenoxy) is 2. The number of rotatable bonds is 58. The van der Waals surface area contributed by atoms with Crippen LogP contribution in [0.3, 0.4) is 0 Å². The molecule has 0 bridgehead atoms. The molecule has 0 spiro atoms. The van der Waals surface area contributed by atoms with Crippen LogP contribution in [0.4, 0.5) is 0 Å². The standard InChI is InChI=1S/C73H116NO8P/c1-3-5-7-9-11-13-15-17-19-21-23-25-27-29-30-31-32-33-34-35-36-37-38-39-40-42-44-46-48-50-52-54-56-58-60-62-64-66-73(76)82-71(70-81-83(77,78)80-68-67-74)69-79-72(75)65-63-61-59-57-55-53-51-49-47-45-43-41-28-26-24-22-20-18-16-14-12-10-8-6-4-2/h5-8,11-14,17-20,23-26,29-30,32-33,35-36,38-39,42,44,48,50,54,56,71H,3-4,9-10,15-16,21-22,27-28,31,34,37,40-41,43,45-47,49,51-53,55,57-70,74H2,1-2H3,(H,77,78)/b7-5-,8-6-,13-11-,14-12-,19-17-,20-18-,25-23-,26-24-,30-29-,33-32-,36-35-,39-38-,44-42-,50-48-,56-54-. The van der Waals surface area contributed by atoms with E-state index in [0.717, 1.165) is 141 Å². The molecule has 0 amide bonds. The second kappa shape index (κ2) is 66.3. The summed E-state index contributed by atoms with van der Waals surface area (Å²) in [4.78, 5) is 35.3. The van der Waals surface area contributed by atoms with Crippen LogP contribution in [0.5, 0.6) is 0 Å². The fourth-order valence-electron chi connectivity index (χ4n) is 8.10. The molecule has 2 unspecified atom stereocenters. The Labute approximate surface area is 507 Å². The highest BCUT2D eigenvalue weighted by Gasteiger charge is 2.26. The number of hydrogen-bond acceptors (Lipinski definition) is 8. The summed E-state index contributed by atoms with van der Waals surface area (Å²) in [5.74, 6) is -0.881. The molecule has 466 valence electrons. The van der Waals surface area contributed by atoms with E-state index in [2.05, 4.69) is 196 Å². The van der Waals surface area contributed by atoms with E-state index in [1.165, 1.54) is 57.8 Å². The van der Waals surface area contributed by atoms with Crippen LogP contribution >= 0.6 is 7.82 Å². The number of carbonyl (C=O) groups excluding carboxylic acids is 2. The van der Waals surface area contributed by atoms with Crippen LogP contribution in [0.15, 0.2) is 182 Å². The lowest BCUT2D eigenvalue weighted by atomic mass is 10.0. The van der Waals surface area contributed by atoms with E-state index in [-0.39, 0.29) is 32.6 Å². The Hall–Kier alpha value is -4.89. The fraction of sp³-hybridized carbons (Fsp3) is 0.562. The van der Waals surface area contributed by atoms with E-state index in [0.29, 0.717) is 6.42 Å². The van der Waals surface area contributed by atoms with Gasteiger partial charge in [-0.2, -0.15) is 0 Å². The number of allylic oxidation sites excluding steroid dienone is 30. The Morgan fingerprint density at radius 3 is 0.940 bits per heavy atom. The van der Waals surface area contributed by atoms with Crippen molar-refractivity contribution in [3.05, 3.63) is 182 Å². The van der Waals surface area contributed by atoms with Crippen LogP contribution in [0, 0.1) is 0 Å². The Bertz CT molecular complexity index is 2010. The van der Waals surface area contributed by atoms with Crippen molar-refractivity contribution in [2.75, 3.05) is 26.4 Å². The van der Waals surface area contributed by atoms with Gasteiger partial charge in [0.15, 0.2) is 6.10 Å². The smallest absolute Gasteiger partial charge is 0.462 e. The number of unbranched alkanes of at least 4 members (excludes halogenated alkanes) is 15. The van der Waals surface area contributed by atoms with Crippen LogP contribution in [0.25, 0.3) is 0 Å². The van der Waals surface area contributed by atoms with Gasteiger partial charge in [-0.15, -0.1) is 0 Å². The Morgan fingerprint density at radius 2 is 0.627 bits per heavy atom. The summed E-state index contributed by atoms with van der Waals surface area (Å²) in [7, 11) is -4.42. The molecule has 10 heteroatoms. The maximum absolute atomic E-state index is 12.7. The summed E-state index contributed by atoms with van der Waals surface area (Å²) in [5, 5.41) is 0. The fourth-order valence-corrected chi connectivity index (χ4v) is 8.87. The molecule has 0 aliphatic rings. The number of carbonyl (C=O) groups is 2. The van der Waals surface area contributed by atoms with Gasteiger partial charge in [0.1, 0.15) is 6.61 Å². The molecule has 0 rings (SSSR count). The van der Waals surface area contributed by atoms with E-state index >= 15 is 0 Å². The highest BCUT2D eigenvalue weighted by atomic mass is 31.2. The zero-order valence-electron chi connectivity index (χ0n) is 52.1. The number of nitrogens with two attached hydrogens (primary N) is 1. The molecule has 0 radical (unpaired) electrons. The number of esters is 2. The molecule has 0 aromatic carbocycles. The summed E-state index contributed by atoms with van der Waals surface area (Å²) >= 11 is 0. The van der Waals surface area contributed by atoms with Gasteiger partial charge in [0.25, 0.3) is 0 Å². The summed E-state index contributed by atoms with van der Waals surface area (Å²) in [5.41, 5.74) is 5.39. The van der Waals surface area contributed by atoms with Crippen LogP contribution < -0.4 is 5.73 Å². The lowest BCUT2D eigenvalue weighted by Gasteiger charge is -2.19. The lowest BCUT2D eigenvalue weighted by molar-refractivity contribution is -0.161. The average Bonchev–Trinajstić information content (AvgIpc) is 3.49. The van der Waals surface area contributed by atoms with Crippen molar-refractivity contribution in [3.8, 4) is 0 Å². The third-order valence-corrected chi connectivity index (χ3v) is 13.8. The topological polar surface area (TPSA) is 134 Å². The minimum absolute atomic E-state index is 0.0376. The molecule has 0 saturated carbocycles. The van der Waals surface area contributed by atoms with Gasteiger partial charge in [0.05, 0.1) is 13.2 Å². The first kappa shape index (κ1) is 78.1. The minimum atomic E-state index is -4.42. The van der Waals surface area contributed by atoms with Gasteiger partial charge >= 0.3 is 19.8 Å². The number of phosphoric ester groups is 1. The van der Waals surface area contributed by atoms with Crippen molar-refractivity contribution >= 4 is 19.8 Å². The zero-order chi connectivity index (χ0) is 60.1. The minimum Gasteiger partial charge on any atom is -0.462 e. The van der Waals surface area contributed by atoms with Gasteiger partial charge in [-0.05, 0) is 135 Å². The molecular formula is C73H116NO8P. The molecular weight excluding hydrogens is 1050 g/mol. The van der Waals surface area contributed by atoms with Gasteiger partial charge in [0.2, 0.25) is 0 Å². The van der Waals surface area contributed by atoms with Crippen molar-refractivity contribution in [1.82, 2.24) is 0 Å². The maximum atomic E-state index is 12.7. The van der Waals surface area contributed by atoms with Crippen molar-refractivity contribution in [3.63, 3.8) is 0 Å². The molecule has 0 aliphatic heterocycles. The second-order valence-corrected chi connectivity index (χ2v) is 22.0. The van der Waals surface area contributed by atoms with Gasteiger partial charge in [-0.3, -0.25) is 18.6 Å². The largest absolute Gasteiger partial charge is 0.472 e. The second-order valence-electron chi connectivity index (χ2n) is 20.5. The van der Waals surface area contributed by atoms with E-state index in [9.17, 15) is 19.0 Å². The monoisotopic (exact) mass is 1170 g/mol. The SMILES string of the molecule is CC/C=C\C/C=C\C/C=C\C/C=C\C/C=C\C/C=C\C/C=C\C/C=C\C/C=C\C/C=C\C/C=C\CCCCCC(=O)OC(COC(=O)CCCCCCCCCCCCCC/C=C\C/C=C\C/C=C\C/C=C\CC)COP(=O)(O)OCCN. The van der Waals surface area contributed by atoms with Crippen molar-refractivity contribution in [2.45, 2.75) is 238 Å². The molecule has 83 heavy (non-hydrogen) atoms. The van der Waals surface area contributed by atoms with Crippen LogP contribution in [0.2, 0.25) is 0 Å². The normalized spacial score (nSPS) is 14.2. The number of phosphoric acid groups is 1. The first-order valence-electron chi connectivity index (χ1n) is 32.3. The summed E-state index contributed by atoms with van der Waals surface area (Å²) in [6.07, 6.45) is 99.6. The molecule has 0 aromatic heterocycles. The van der Waals surface area contributed by atoms with Crippen LogP contribution in [-0.2, 0) is 32.7 Å². The van der Waals surface area contributed by atoms with Crippen LogP contribution in [-0.4, -0.2) is 49.3 Å². The molecule has 0 aliphatic carbocycles. The summed E-state index contributed by atoms with van der Waals surface area (Å²) in [6.45, 7) is 3.46. The van der Waals surface area contributed by atoms with Crippen molar-refractivity contribution in [1.29, 1.82) is 0 Å². The predicted molar refractivity (Wildman–Crippen MR) is 357 cm³/mol. The highest BCUT2D eigenvalue weighted by Crippen LogP contribution is 2.43. The van der Waals surface area contributed by atoms with E-state index in [4.69, 9.17) is 24.3 Å². The van der Waals surface area contributed by atoms with Gasteiger partial charge < -0.3 is 20.1 Å². The molecule has 2 atom stereocenters. The molecule has 9 nitrogen and oxygen atoms in total. The Balaban J connectivity index is 4.08. The molecule has 0 fully saturated rings. The van der Waals surface area contributed by atoms with Gasteiger partial charge in [0, 0.05) is 19.4 Å². The first-order valence-corrected chi connectivity index (χ1v) is 33.8. The van der Waals surface area contributed by atoms with E-state index in [1.54, 1.807) is 0 Å². The number of hydrogen-bond donors (Lipinski definition) is 2. The van der Waals surface area contributed by atoms with Crippen molar-refractivity contribution < 1.29 is 37.6 Å².